The molecule has 0 aliphatic carbocycles. The van der Waals surface area contributed by atoms with E-state index in [0.29, 0.717) is 11.6 Å². The fourth-order valence-electron chi connectivity index (χ4n) is 1.92. The maximum atomic E-state index is 6.14. The van der Waals surface area contributed by atoms with E-state index in [-0.39, 0.29) is 6.04 Å². The van der Waals surface area contributed by atoms with Crippen LogP contribution in [0.15, 0.2) is 41.6 Å². The molecule has 0 saturated carbocycles. The van der Waals surface area contributed by atoms with E-state index >= 15 is 0 Å². The number of pyridine rings is 1. The summed E-state index contributed by atoms with van der Waals surface area (Å²) in [6, 6.07) is 9.77. The number of hydrogen-bond donors (Lipinski definition) is 1. The zero-order valence-corrected chi connectivity index (χ0v) is 13.7. The maximum Gasteiger partial charge on any atom is 0.123 e. The van der Waals surface area contributed by atoms with Gasteiger partial charge in [0.2, 0.25) is 0 Å². The van der Waals surface area contributed by atoms with Crippen molar-refractivity contribution in [3.05, 3.63) is 52.7 Å². The van der Waals surface area contributed by atoms with Gasteiger partial charge in [-0.25, -0.2) is 4.98 Å². The van der Waals surface area contributed by atoms with Crippen molar-refractivity contribution < 1.29 is 4.74 Å². The maximum absolute atomic E-state index is 6.14. The largest absolute Gasteiger partial charge is 0.494 e. The number of hydrogen-bond acceptors (Lipinski definition) is 4. The van der Waals surface area contributed by atoms with Crippen molar-refractivity contribution in [2.45, 2.75) is 30.7 Å². The van der Waals surface area contributed by atoms with Gasteiger partial charge >= 0.3 is 0 Å². The van der Waals surface area contributed by atoms with Crippen LogP contribution < -0.4 is 10.5 Å². The summed E-state index contributed by atoms with van der Waals surface area (Å²) >= 11 is 7.74. The molecule has 0 spiro atoms. The van der Waals surface area contributed by atoms with Crippen LogP contribution >= 0.6 is 23.4 Å². The molecule has 0 amide bonds. The van der Waals surface area contributed by atoms with Gasteiger partial charge in [0.1, 0.15) is 10.8 Å². The lowest BCUT2D eigenvalue weighted by molar-refractivity contribution is 0.337. The lowest BCUT2D eigenvalue weighted by Gasteiger charge is -2.14. The second-order valence-corrected chi connectivity index (χ2v) is 6.04. The normalized spacial score (nSPS) is 12.2. The van der Waals surface area contributed by atoms with Gasteiger partial charge in [0.05, 0.1) is 11.6 Å². The van der Waals surface area contributed by atoms with Gasteiger partial charge in [-0.05, 0) is 43.7 Å². The highest BCUT2D eigenvalue weighted by Crippen LogP contribution is 2.32. The second-order valence-electron chi connectivity index (χ2n) is 4.67. The number of aromatic nitrogens is 1. The summed E-state index contributed by atoms with van der Waals surface area (Å²) in [5.41, 5.74) is 8.16. The Kier molecular flexibility index (Phi) is 5.91. The van der Waals surface area contributed by atoms with Gasteiger partial charge in [0.25, 0.3) is 0 Å². The summed E-state index contributed by atoms with van der Waals surface area (Å²) in [5, 5.41) is 1.50. The number of halogens is 1. The lowest BCUT2D eigenvalue weighted by Crippen LogP contribution is -2.06. The van der Waals surface area contributed by atoms with Gasteiger partial charge < -0.3 is 10.5 Å². The van der Waals surface area contributed by atoms with E-state index in [1.54, 1.807) is 18.0 Å². The first-order valence-electron chi connectivity index (χ1n) is 6.86. The number of nitrogens with zero attached hydrogens (tertiary/aromatic N) is 1. The first-order valence-corrected chi connectivity index (χ1v) is 8.22. The number of nitrogens with two attached hydrogens (primary N) is 1. The SMILES string of the molecule is CCOc1ccc(C(C)N)cc1CSc1ncccc1Cl. The van der Waals surface area contributed by atoms with Crippen LogP contribution in [0.1, 0.15) is 31.0 Å². The molecule has 1 aromatic carbocycles. The minimum Gasteiger partial charge on any atom is -0.494 e. The molecule has 112 valence electrons. The molecule has 1 unspecified atom stereocenters. The average Bonchev–Trinajstić information content (AvgIpc) is 2.47. The van der Waals surface area contributed by atoms with Crippen LogP contribution in [0.5, 0.6) is 5.75 Å². The van der Waals surface area contributed by atoms with E-state index in [9.17, 15) is 0 Å². The molecule has 2 aromatic rings. The molecule has 1 atom stereocenters. The Bertz CT molecular complexity index is 605. The van der Waals surface area contributed by atoms with Gasteiger partial charge in [-0.2, -0.15) is 0 Å². The van der Waals surface area contributed by atoms with Crippen LogP contribution in [0, 0.1) is 0 Å². The molecule has 21 heavy (non-hydrogen) atoms. The third-order valence-electron chi connectivity index (χ3n) is 3.00. The zero-order valence-electron chi connectivity index (χ0n) is 12.2. The van der Waals surface area contributed by atoms with E-state index < -0.39 is 0 Å². The van der Waals surface area contributed by atoms with Gasteiger partial charge in [-0.3, -0.25) is 0 Å². The molecule has 3 nitrogen and oxygen atoms in total. The highest BCUT2D eigenvalue weighted by Gasteiger charge is 2.10. The molecule has 0 aliphatic rings. The van der Waals surface area contributed by atoms with E-state index in [1.807, 2.05) is 38.1 Å². The predicted octanol–water partition coefficient (Wildman–Crippen LogP) is 4.45. The first-order chi connectivity index (χ1) is 10.1. The van der Waals surface area contributed by atoms with Crippen LogP contribution in [0.25, 0.3) is 0 Å². The monoisotopic (exact) mass is 322 g/mol. The minimum atomic E-state index is 0.00265. The van der Waals surface area contributed by atoms with Gasteiger partial charge in [0.15, 0.2) is 0 Å². The minimum absolute atomic E-state index is 0.00265. The summed E-state index contributed by atoms with van der Waals surface area (Å²) in [6.07, 6.45) is 1.75. The van der Waals surface area contributed by atoms with Gasteiger partial charge in [-0.1, -0.05) is 17.7 Å². The molecular weight excluding hydrogens is 304 g/mol. The van der Waals surface area contributed by atoms with Gasteiger partial charge in [-0.15, -0.1) is 11.8 Å². The highest BCUT2D eigenvalue weighted by atomic mass is 35.5. The second kappa shape index (κ2) is 7.69. The fourth-order valence-corrected chi connectivity index (χ4v) is 3.06. The molecule has 5 heteroatoms. The fraction of sp³-hybridized carbons (Fsp3) is 0.312. The van der Waals surface area contributed by atoms with Crippen molar-refractivity contribution in [3.8, 4) is 5.75 Å². The topological polar surface area (TPSA) is 48.1 Å². The Morgan fingerprint density at radius 3 is 2.86 bits per heavy atom. The zero-order chi connectivity index (χ0) is 15.2. The van der Waals surface area contributed by atoms with Crippen molar-refractivity contribution in [1.82, 2.24) is 4.98 Å². The molecule has 0 fully saturated rings. The Morgan fingerprint density at radius 2 is 2.19 bits per heavy atom. The number of benzene rings is 1. The molecule has 0 radical (unpaired) electrons. The first kappa shape index (κ1) is 16.1. The van der Waals surface area contributed by atoms with Crippen molar-refractivity contribution in [1.29, 1.82) is 0 Å². The van der Waals surface area contributed by atoms with Crippen LogP contribution in [-0.2, 0) is 5.75 Å². The molecular formula is C16H19ClN2OS. The number of rotatable bonds is 6. The van der Waals surface area contributed by atoms with Crippen molar-refractivity contribution in [2.75, 3.05) is 6.61 Å². The Balaban J connectivity index is 2.20. The Labute approximate surface area is 134 Å². The van der Waals surface area contributed by atoms with Crippen molar-refractivity contribution in [2.24, 2.45) is 5.73 Å². The summed E-state index contributed by atoms with van der Waals surface area (Å²) < 4.78 is 5.68. The predicted molar refractivity (Wildman–Crippen MR) is 89.0 cm³/mol. The summed E-state index contributed by atoms with van der Waals surface area (Å²) in [7, 11) is 0. The molecule has 0 saturated heterocycles. The van der Waals surface area contributed by atoms with Crippen molar-refractivity contribution in [3.63, 3.8) is 0 Å². The van der Waals surface area contributed by atoms with E-state index in [2.05, 4.69) is 11.1 Å². The summed E-state index contributed by atoms with van der Waals surface area (Å²) in [6.45, 7) is 4.59. The molecule has 1 heterocycles. The number of thioether (sulfide) groups is 1. The highest BCUT2D eigenvalue weighted by molar-refractivity contribution is 7.98. The average molecular weight is 323 g/mol. The van der Waals surface area contributed by atoms with Crippen LogP contribution in [-0.4, -0.2) is 11.6 Å². The number of ether oxygens (including phenoxy) is 1. The molecule has 0 aliphatic heterocycles. The Hall–Kier alpha value is -1.23. The Morgan fingerprint density at radius 1 is 1.38 bits per heavy atom. The smallest absolute Gasteiger partial charge is 0.123 e. The van der Waals surface area contributed by atoms with Crippen LogP contribution in [0.4, 0.5) is 0 Å². The summed E-state index contributed by atoms with van der Waals surface area (Å²) in [5.74, 6) is 1.63. The van der Waals surface area contributed by atoms with Crippen LogP contribution in [0.3, 0.4) is 0 Å². The van der Waals surface area contributed by atoms with Gasteiger partial charge in [0, 0.05) is 23.6 Å². The van der Waals surface area contributed by atoms with E-state index in [1.165, 1.54) is 0 Å². The van der Waals surface area contributed by atoms with Crippen molar-refractivity contribution >= 4 is 23.4 Å². The standard InChI is InChI=1S/C16H19ClN2OS/c1-3-20-15-7-6-12(11(2)18)9-13(15)10-21-16-14(17)5-4-8-19-16/h4-9,11H,3,10,18H2,1-2H3. The lowest BCUT2D eigenvalue weighted by atomic mass is 10.1. The third-order valence-corrected chi connectivity index (χ3v) is 4.47. The summed E-state index contributed by atoms with van der Waals surface area (Å²) in [4.78, 5) is 4.29. The molecule has 2 N–H and O–H groups in total. The molecule has 0 bridgehead atoms. The third kappa shape index (κ3) is 4.37. The van der Waals surface area contributed by atoms with Crippen LogP contribution in [0.2, 0.25) is 5.02 Å². The van der Waals surface area contributed by atoms with E-state index in [4.69, 9.17) is 22.1 Å². The molecule has 1 aromatic heterocycles. The van der Waals surface area contributed by atoms with E-state index in [0.717, 1.165) is 27.7 Å². The quantitative estimate of drug-likeness (QED) is 0.798. The molecule has 2 rings (SSSR count).